The number of nitrogens with one attached hydrogen (secondary N) is 3. The van der Waals surface area contributed by atoms with Crippen LogP contribution in [0.1, 0.15) is 11.7 Å². The summed E-state index contributed by atoms with van der Waals surface area (Å²) in [6, 6.07) is 6.51. The number of hydrogen-bond donors (Lipinski definition) is 5. The summed E-state index contributed by atoms with van der Waals surface area (Å²) in [4.78, 5) is 44.4. The molecule has 1 aliphatic heterocycles. The van der Waals surface area contributed by atoms with Crippen molar-refractivity contribution >= 4 is 40.9 Å². The highest BCUT2D eigenvalue weighted by Gasteiger charge is 2.38. The monoisotopic (exact) mass is 389 g/mol. The van der Waals surface area contributed by atoms with Crippen LogP contribution in [0.5, 0.6) is 5.75 Å². The molecule has 1 fully saturated rings. The maximum atomic E-state index is 11.4. The van der Waals surface area contributed by atoms with E-state index in [9.17, 15) is 19.2 Å². The highest BCUT2D eigenvalue weighted by Crippen LogP contribution is 2.28. The average molecular weight is 389 g/mol. The molecule has 146 valence electrons. The quantitative estimate of drug-likeness (QED) is 0.281. The number of rotatable bonds is 4. The van der Waals surface area contributed by atoms with Crippen LogP contribution in [0.2, 0.25) is 0 Å². The Labute approximate surface area is 157 Å². The lowest BCUT2D eigenvalue weighted by Crippen LogP contribution is -2.36. The van der Waals surface area contributed by atoms with Crippen LogP contribution in [0.3, 0.4) is 0 Å². The normalized spacial score (nSPS) is 18.5. The number of amides is 4. The van der Waals surface area contributed by atoms with Crippen molar-refractivity contribution in [3.8, 4) is 5.75 Å². The number of hydrazone groups is 2. The van der Waals surface area contributed by atoms with Gasteiger partial charge in [-0.25, -0.2) is 10.9 Å². The molecule has 1 aliphatic rings. The zero-order chi connectivity index (χ0) is 20.8. The van der Waals surface area contributed by atoms with Crippen molar-refractivity contribution in [3.63, 3.8) is 0 Å². The summed E-state index contributed by atoms with van der Waals surface area (Å²) < 4.78 is 10.5. The summed E-state index contributed by atoms with van der Waals surface area (Å²) in [7, 11) is 1.45. The Morgan fingerprint density at radius 2 is 1.71 bits per heavy atom. The van der Waals surface area contributed by atoms with E-state index in [2.05, 4.69) is 10.2 Å². The lowest BCUT2D eigenvalue weighted by atomic mass is 10.0. The third kappa shape index (κ3) is 4.46. The topological polar surface area (TPSA) is 211 Å². The van der Waals surface area contributed by atoms with Crippen molar-refractivity contribution in [2.45, 2.75) is 6.10 Å². The molecule has 1 unspecified atom stereocenters. The molecule has 0 radical (unpaired) electrons. The van der Waals surface area contributed by atoms with Crippen LogP contribution < -0.4 is 27.1 Å². The highest BCUT2D eigenvalue weighted by molar-refractivity contribution is 6.69. The molecule has 1 atom stereocenters. The second-order valence-electron chi connectivity index (χ2n) is 5.17. The van der Waals surface area contributed by atoms with Crippen molar-refractivity contribution in [2.75, 3.05) is 7.11 Å². The van der Waals surface area contributed by atoms with Gasteiger partial charge in [-0.05, 0) is 12.1 Å². The van der Waals surface area contributed by atoms with Gasteiger partial charge in [0.05, 0.1) is 7.11 Å². The lowest BCUT2D eigenvalue weighted by Gasteiger charge is -2.11. The first-order valence-corrected chi connectivity index (χ1v) is 7.49. The molecule has 0 bridgehead atoms. The second-order valence-corrected chi connectivity index (χ2v) is 5.17. The molecule has 0 aromatic heterocycles. The molecule has 28 heavy (non-hydrogen) atoms. The molecule has 1 saturated heterocycles. The van der Waals surface area contributed by atoms with Gasteiger partial charge in [-0.1, -0.05) is 12.1 Å². The van der Waals surface area contributed by atoms with E-state index in [0.29, 0.717) is 11.3 Å². The molecule has 7 N–H and O–H groups in total. The van der Waals surface area contributed by atoms with Crippen LogP contribution in [0.4, 0.5) is 0 Å². The average Bonchev–Trinajstić information content (AvgIpc) is 2.99. The Morgan fingerprint density at radius 1 is 1.11 bits per heavy atom. The maximum absolute atomic E-state index is 11.4. The third-order valence-corrected chi connectivity index (χ3v) is 3.33. The zero-order valence-corrected chi connectivity index (χ0v) is 14.4. The Bertz CT molecular complexity index is 923. The van der Waals surface area contributed by atoms with Crippen LogP contribution in [-0.4, -0.2) is 48.1 Å². The fourth-order valence-corrected chi connectivity index (χ4v) is 2.05. The first kappa shape index (κ1) is 20.0. The summed E-state index contributed by atoms with van der Waals surface area (Å²) in [5.41, 5.74) is 13.4. The van der Waals surface area contributed by atoms with Gasteiger partial charge in [0.25, 0.3) is 0 Å². The van der Waals surface area contributed by atoms with Crippen molar-refractivity contribution in [2.24, 2.45) is 21.7 Å². The Kier molecular flexibility index (Phi) is 6.00. The number of primary amides is 2. The summed E-state index contributed by atoms with van der Waals surface area (Å²) in [5, 5.41) is 15.2. The van der Waals surface area contributed by atoms with Gasteiger partial charge in [-0.15, -0.1) is 0 Å². The van der Waals surface area contributed by atoms with Crippen LogP contribution >= 0.6 is 0 Å². The van der Waals surface area contributed by atoms with Gasteiger partial charge in [0.1, 0.15) is 11.5 Å². The number of nitrogens with two attached hydrogens (primary N) is 2. The van der Waals surface area contributed by atoms with E-state index >= 15 is 0 Å². The van der Waals surface area contributed by atoms with E-state index in [-0.39, 0.29) is 11.4 Å². The molecule has 13 nitrogen and oxygen atoms in total. The second kappa shape index (κ2) is 8.39. The molecule has 1 aromatic carbocycles. The maximum Gasteiger partial charge on any atom is 0.329 e. The van der Waals surface area contributed by atoms with Crippen LogP contribution in [-0.2, 0) is 23.9 Å². The van der Waals surface area contributed by atoms with Crippen molar-refractivity contribution in [1.82, 2.24) is 10.9 Å². The summed E-state index contributed by atoms with van der Waals surface area (Å²) in [6.07, 6.45) is -1.04. The lowest BCUT2D eigenvalue weighted by molar-refractivity contribution is -0.137. The van der Waals surface area contributed by atoms with Crippen LogP contribution in [0.25, 0.3) is 0 Å². The first-order chi connectivity index (χ1) is 13.2. The number of nitrogens with zero attached hydrogens (tertiary/aromatic N) is 2. The van der Waals surface area contributed by atoms with Crippen LogP contribution in [0, 0.1) is 5.41 Å². The molecule has 4 amide bonds. The minimum atomic E-state index is -1.31. The minimum absolute atomic E-state index is 0.141. The van der Waals surface area contributed by atoms with Gasteiger partial charge < -0.3 is 20.9 Å². The minimum Gasteiger partial charge on any atom is -0.497 e. The number of carbonyl (C=O) groups is 4. The SMILES string of the molecule is COc1cccc(C2OC(=N)C(=NNC(=O)C(N)=O)C2=NNC(=O)C(N)=O)c1. The molecule has 13 heteroatoms. The number of hydrogen-bond acceptors (Lipinski definition) is 9. The summed E-state index contributed by atoms with van der Waals surface area (Å²) >= 11 is 0. The molecule has 2 rings (SSSR count). The van der Waals surface area contributed by atoms with Gasteiger partial charge >= 0.3 is 23.6 Å². The van der Waals surface area contributed by atoms with Crippen molar-refractivity contribution < 1.29 is 28.7 Å². The van der Waals surface area contributed by atoms with E-state index in [1.807, 2.05) is 10.9 Å². The van der Waals surface area contributed by atoms with Crippen molar-refractivity contribution in [3.05, 3.63) is 29.8 Å². The van der Waals surface area contributed by atoms with E-state index in [0.717, 1.165) is 0 Å². The van der Waals surface area contributed by atoms with E-state index < -0.39 is 35.6 Å². The van der Waals surface area contributed by atoms with E-state index in [1.54, 1.807) is 24.3 Å². The molecule has 1 aromatic rings. The fraction of sp³-hybridized carbons (Fsp3) is 0.133. The largest absolute Gasteiger partial charge is 0.497 e. The van der Waals surface area contributed by atoms with Gasteiger partial charge in [0.2, 0.25) is 5.90 Å². The summed E-state index contributed by atoms with van der Waals surface area (Å²) in [5.74, 6) is -5.12. The Morgan fingerprint density at radius 3 is 2.29 bits per heavy atom. The van der Waals surface area contributed by atoms with Crippen molar-refractivity contribution in [1.29, 1.82) is 5.41 Å². The Balaban J connectivity index is 2.44. The zero-order valence-electron chi connectivity index (χ0n) is 14.4. The molecule has 0 aliphatic carbocycles. The van der Waals surface area contributed by atoms with Gasteiger partial charge in [-0.2, -0.15) is 10.2 Å². The molecular formula is C15H15N7O6. The van der Waals surface area contributed by atoms with E-state index in [4.69, 9.17) is 26.4 Å². The molecular weight excluding hydrogens is 374 g/mol. The van der Waals surface area contributed by atoms with Crippen LogP contribution in [0.15, 0.2) is 34.5 Å². The van der Waals surface area contributed by atoms with Gasteiger partial charge in [-0.3, -0.25) is 24.6 Å². The molecule has 0 spiro atoms. The predicted octanol–water partition coefficient (Wildman–Crippen LogP) is -2.34. The van der Waals surface area contributed by atoms with Gasteiger partial charge in [0, 0.05) is 5.56 Å². The number of carbonyl (C=O) groups excluding carboxylic acids is 4. The molecule has 1 heterocycles. The molecule has 0 saturated carbocycles. The third-order valence-electron chi connectivity index (χ3n) is 3.33. The highest BCUT2D eigenvalue weighted by atomic mass is 16.5. The first-order valence-electron chi connectivity index (χ1n) is 7.49. The number of benzene rings is 1. The van der Waals surface area contributed by atoms with E-state index in [1.165, 1.54) is 7.11 Å². The Hall–Kier alpha value is -4.29. The number of ether oxygens (including phenoxy) is 2. The van der Waals surface area contributed by atoms with Gasteiger partial charge in [0.15, 0.2) is 11.8 Å². The smallest absolute Gasteiger partial charge is 0.329 e. The predicted molar refractivity (Wildman–Crippen MR) is 94.1 cm³/mol. The summed E-state index contributed by atoms with van der Waals surface area (Å²) in [6.45, 7) is 0. The standard InChI is InChI=1S/C15H15N7O6/c1-27-7-4-2-3-6(5-7)10-8(19-21-14(25)11(16)23)9(13(18)28-10)20-22-15(26)12(17)24/h2-5,10,18H,1H3,(H2,16,23)(H2,17,24)(H,21,25)(H,22,26). The fourth-order valence-electron chi connectivity index (χ4n) is 2.05. The number of methoxy groups -OCH3 is 1.